The molecule has 0 fully saturated rings. The van der Waals surface area contributed by atoms with E-state index in [0.29, 0.717) is 0 Å². The van der Waals surface area contributed by atoms with Gasteiger partial charge in [-0.25, -0.2) is 0 Å². The zero-order valence-corrected chi connectivity index (χ0v) is 27.1. The fourth-order valence-electron chi connectivity index (χ4n) is 6.78. The molecule has 7 aromatic rings. The van der Waals surface area contributed by atoms with Gasteiger partial charge in [-0.05, 0) is 87.2 Å². The summed E-state index contributed by atoms with van der Waals surface area (Å²) in [5.41, 5.74) is 14.2. The van der Waals surface area contributed by atoms with Crippen LogP contribution in [0.15, 0.2) is 140 Å². The van der Waals surface area contributed by atoms with Crippen LogP contribution in [0.3, 0.4) is 0 Å². The molecule has 8 rings (SSSR count). The van der Waals surface area contributed by atoms with Crippen molar-refractivity contribution in [2.75, 3.05) is 6.26 Å². The van der Waals surface area contributed by atoms with Crippen LogP contribution in [0.5, 0.6) is 0 Å². The number of rotatable bonds is 3. The molecule has 0 spiro atoms. The van der Waals surface area contributed by atoms with Gasteiger partial charge < -0.3 is 4.57 Å². The minimum atomic E-state index is 0.0267. The predicted molar refractivity (Wildman–Crippen MR) is 195 cm³/mol. The summed E-state index contributed by atoms with van der Waals surface area (Å²) in [7, 11) is 0. The lowest BCUT2D eigenvalue weighted by molar-refractivity contribution is 0.660. The van der Waals surface area contributed by atoms with Crippen LogP contribution in [0, 0.1) is 0 Å². The van der Waals surface area contributed by atoms with Crippen LogP contribution in [0.2, 0.25) is 0 Å². The Morgan fingerprint density at radius 2 is 1.02 bits per heavy atom. The molecule has 6 aromatic carbocycles. The zero-order valence-electron chi connectivity index (χ0n) is 26.2. The molecular formula is C42H39NS. The minimum absolute atomic E-state index is 0.0267. The Labute approximate surface area is 267 Å². The summed E-state index contributed by atoms with van der Waals surface area (Å²) >= 11 is 3.53. The SMILES string of the molecule is CC.CC1(C)c2ccccc2-c2cc(-c3cccc(-c4ccc5c6ccccc6n(-c6ccccc6)c5c4)c3)ccc21.CS. The maximum Gasteiger partial charge on any atom is 0.0547 e. The average molecular weight is 590 g/mol. The lowest BCUT2D eigenvalue weighted by atomic mass is 9.82. The third kappa shape index (κ3) is 4.84. The van der Waals surface area contributed by atoms with Crippen molar-refractivity contribution in [1.82, 2.24) is 4.57 Å². The van der Waals surface area contributed by atoms with Gasteiger partial charge in [-0.2, -0.15) is 12.6 Å². The second-order valence-electron chi connectivity index (χ2n) is 11.4. The van der Waals surface area contributed by atoms with Gasteiger partial charge in [0.15, 0.2) is 0 Å². The van der Waals surface area contributed by atoms with Gasteiger partial charge in [0.25, 0.3) is 0 Å². The number of thiol groups is 1. The fourth-order valence-corrected chi connectivity index (χ4v) is 6.78. The summed E-state index contributed by atoms with van der Waals surface area (Å²) in [6, 6.07) is 51.1. The molecule has 0 aliphatic heterocycles. The minimum Gasteiger partial charge on any atom is -0.309 e. The molecule has 0 atom stereocenters. The van der Waals surface area contributed by atoms with Gasteiger partial charge in [0.2, 0.25) is 0 Å². The monoisotopic (exact) mass is 589 g/mol. The van der Waals surface area contributed by atoms with Crippen molar-refractivity contribution in [2.45, 2.75) is 33.1 Å². The molecule has 1 aliphatic carbocycles. The second-order valence-corrected chi connectivity index (χ2v) is 11.4. The topological polar surface area (TPSA) is 4.93 Å². The molecule has 44 heavy (non-hydrogen) atoms. The van der Waals surface area contributed by atoms with Gasteiger partial charge in [-0.15, -0.1) is 0 Å². The molecule has 1 heterocycles. The molecule has 1 aromatic heterocycles. The summed E-state index contributed by atoms with van der Waals surface area (Å²) in [5, 5.41) is 2.56. The molecular weight excluding hydrogens is 551 g/mol. The molecule has 218 valence electrons. The summed E-state index contributed by atoms with van der Waals surface area (Å²) in [5.74, 6) is 0. The van der Waals surface area contributed by atoms with E-state index in [1.54, 1.807) is 6.26 Å². The highest BCUT2D eigenvalue weighted by atomic mass is 32.1. The maximum atomic E-state index is 3.53. The van der Waals surface area contributed by atoms with E-state index in [-0.39, 0.29) is 5.41 Å². The molecule has 0 saturated heterocycles. The van der Waals surface area contributed by atoms with Crippen molar-refractivity contribution < 1.29 is 0 Å². The van der Waals surface area contributed by atoms with Gasteiger partial charge in [0.05, 0.1) is 11.0 Å². The van der Waals surface area contributed by atoms with Crippen molar-refractivity contribution >= 4 is 34.4 Å². The number of hydrogen-bond acceptors (Lipinski definition) is 1. The number of fused-ring (bicyclic) bond motifs is 6. The quantitative estimate of drug-likeness (QED) is 0.196. The van der Waals surface area contributed by atoms with Crippen molar-refractivity contribution in [3.05, 3.63) is 151 Å². The molecule has 0 bridgehead atoms. The lowest BCUT2D eigenvalue weighted by Gasteiger charge is -2.21. The summed E-state index contributed by atoms with van der Waals surface area (Å²) in [4.78, 5) is 0. The Balaban J connectivity index is 0.000000826. The van der Waals surface area contributed by atoms with E-state index >= 15 is 0 Å². The fraction of sp³-hybridized carbons (Fsp3) is 0.143. The molecule has 2 heteroatoms. The largest absolute Gasteiger partial charge is 0.309 e. The molecule has 0 radical (unpaired) electrons. The Morgan fingerprint density at radius 3 is 1.80 bits per heavy atom. The highest BCUT2D eigenvalue weighted by Gasteiger charge is 2.35. The van der Waals surface area contributed by atoms with E-state index in [4.69, 9.17) is 0 Å². The number of benzene rings is 6. The summed E-state index contributed by atoms with van der Waals surface area (Å²) in [6.45, 7) is 8.67. The van der Waals surface area contributed by atoms with Crippen molar-refractivity contribution in [3.63, 3.8) is 0 Å². The third-order valence-electron chi connectivity index (χ3n) is 8.80. The molecule has 1 nitrogen and oxygen atoms in total. The van der Waals surface area contributed by atoms with Crippen LogP contribution in [-0.2, 0) is 5.41 Å². The molecule has 1 aliphatic rings. The predicted octanol–water partition coefficient (Wildman–Crippen LogP) is 12.0. The third-order valence-corrected chi connectivity index (χ3v) is 8.80. The van der Waals surface area contributed by atoms with Crippen LogP contribution < -0.4 is 0 Å². The van der Waals surface area contributed by atoms with Crippen molar-refractivity contribution in [2.24, 2.45) is 0 Å². The first-order valence-corrected chi connectivity index (χ1v) is 16.4. The molecule has 0 saturated carbocycles. The second kappa shape index (κ2) is 12.2. The van der Waals surface area contributed by atoms with Gasteiger partial charge in [-0.3, -0.25) is 0 Å². The van der Waals surface area contributed by atoms with Gasteiger partial charge >= 0.3 is 0 Å². The molecule has 0 amide bonds. The molecule has 0 unspecified atom stereocenters. The Morgan fingerprint density at radius 1 is 0.455 bits per heavy atom. The van der Waals surface area contributed by atoms with E-state index < -0.39 is 0 Å². The van der Waals surface area contributed by atoms with Gasteiger partial charge in [0.1, 0.15) is 0 Å². The highest BCUT2D eigenvalue weighted by Crippen LogP contribution is 2.49. The van der Waals surface area contributed by atoms with Crippen LogP contribution in [0.4, 0.5) is 0 Å². The van der Waals surface area contributed by atoms with Gasteiger partial charge in [0, 0.05) is 21.9 Å². The van der Waals surface area contributed by atoms with E-state index in [0.717, 1.165) is 0 Å². The van der Waals surface area contributed by atoms with E-state index in [2.05, 4.69) is 171 Å². The Bertz CT molecular complexity index is 2080. The van der Waals surface area contributed by atoms with Crippen molar-refractivity contribution in [1.29, 1.82) is 0 Å². The van der Waals surface area contributed by atoms with Crippen LogP contribution in [0.25, 0.3) is 60.9 Å². The van der Waals surface area contributed by atoms with E-state index in [9.17, 15) is 0 Å². The normalized spacial score (nSPS) is 12.5. The van der Waals surface area contributed by atoms with E-state index in [1.165, 1.54) is 72.0 Å². The van der Waals surface area contributed by atoms with Crippen LogP contribution >= 0.6 is 12.6 Å². The first-order chi connectivity index (χ1) is 21.6. The first-order valence-electron chi connectivity index (χ1n) is 15.5. The van der Waals surface area contributed by atoms with Crippen molar-refractivity contribution in [3.8, 4) is 39.1 Å². The van der Waals surface area contributed by atoms with Crippen LogP contribution in [-0.4, -0.2) is 10.8 Å². The number of aromatic nitrogens is 1. The number of nitrogens with zero attached hydrogens (tertiary/aromatic N) is 1. The van der Waals surface area contributed by atoms with E-state index in [1.807, 2.05) is 13.8 Å². The van der Waals surface area contributed by atoms with Gasteiger partial charge in [-0.1, -0.05) is 131 Å². The summed E-state index contributed by atoms with van der Waals surface area (Å²) < 4.78 is 2.39. The Hall–Kier alpha value is -4.53. The molecule has 0 N–H and O–H groups in total. The smallest absolute Gasteiger partial charge is 0.0547 e. The zero-order chi connectivity index (χ0) is 30.8. The number of para-hydroxylation sites is 2. The summed E-state index contributed by atoms with van der Waals surface area (Å²) in [6.07, 6.45) is 1.69. The van der Waals surface area contributed by atoms with Crippen LogP contribution in [0.1, 0.15) is 38.8 Å². The Kier molecular flexibility index (Phi) is 8.21. The maximum absolute atomic E-state index is 3.53. The standard InChI is InChI=1S/C39H29N.C2H6.CH4S/c1-39(2)35-17-8-6-15-31(35)34-24-28(20-22-36(34)39)26-11-10-12-27(23-26)29-19-21-33-32-16-7-9-18-37(32)40(38(33)25-29)30-13-4-3-5-14-30;2*1-2/h3-25H,1-2H3;1-2H3;2H,1H3. The highest BCUT2D eigenvalue weighted by molar-refractivity contribution is 7.79. The first kappa shape index (κ1) is 29.5. The average Bonchev–Trinajstić information content (AvgIpc) is 3.55. The number of hydrogen-bond donors (Lipinski definition) is 1. The lowest BCUT2D eigenvalue weighted by Crippen LogP contribution is -2.14.